The molecule has 3 unspecified atom stereocenters. The van der Waals surface area contributed by atoms with Crippen LogP contribution in [0.1, 0.15) is 62.6 Å². The van der Waals surface area contributed by atoms with Crippen molar-refractivity contribution in [3.63, 3.8) is 0 Å². The third-order valence-electron chi connectivity index (χ3n) is 5.06. The molecule has 1 aromatic rings. The molecule has 3 heterocycles. The summed E-state index contributed by atoms with van der Waals surface area (Å²) in [6, 6.07) is 0. The first-order valence-corrected chi connectivity index (χ1v) is 7.80. The lowest BCUT2D eigenvalue weighted by Crippen LogP contribution is -2.16. The third-order valence-corrected chi connectivity index (χ3v) is 5.06. The van der Waals surface area contributed by atoms with E-state index in [4.69, 9.17) is 9.26 Å². The minimum absolute atomic E-state index is 0.219. The Morgan fingerprint density at radius 2 is 2.05 bits per heavy atom. The quantitative estimate of drug-likeness (QED) is 0.845. The Labute approximate surface area is 118 Å². The topological polar surface area (TPSA) is 65.2 Å². The van der Waals surface area contributed by atoms with Gasteiger partial charge in [0, 0.05) is 5.92 Å². The Hall–Kier alpha value is -1.23. The number of ether oxygens (including phenoxy) is 1. The molecule has 2 saturated heterocycles. The second kappa shape index (κ2) is 4.95. The van der Waals surface area contributed by atoms with Crippen LogP contribution in [-0.4, -0.2) is 28.1 Å². The van der Waals surface area contributed by atoms with Gasteiger partial charge in [-0.15, -0.1) is 0 Å². The van der Waals surface area contributed by atoms with Gasteiger partial charge in [0.1, 0.15) is 5.78 Å². The van der Waals surface area contributed by atoms with Crippen LogP contribution in [0.2, 0.25) is 0 Å². The highest BCUT2D eigenvalue weighted by molar-refractivity contribution is 5.82. The summed E-state index contributed by atoms with van der Waals surface area (Å²) in [5, 5.41) is 4.08. The maximum atomic E-state index is 12.1. The summed E-state index contributed by atoms with van der Waals surface area (Å²) in [6.45, 7) is 0. The SMILES string of the molecule is O=C(Cc1nc(C2CC3CCC2O3)no1)C1CCCC1. The largest absolute Gasteiger partial charge is 0.374 e. The predicted octanol–water partition coefficient (Wildman–Crippen LogP) is 2.41. The number of hydrogen-bond acceptors (Lipinski definition) is 5. The van der Waals surface area contributed by atoms with Crippen LogP contribution >= 0.6 is 0 Å². The van der Waals surface area contributed by atoms with E-state index in [1.807, 2.05) is 0 Å². The minimum Gasteiger partial charge on any atom is -0.374 e. The number of rotatable bonds is 4. The number of aromatic nitrogens is 2. The first-order chi connectivity index (χ1) is 9.79. The van der Waals surface area contributed by atoms with Crippen molar-refractivity contribution in [1.82, 2.24) is 10.1 Å². The molecular formula is C15H20N2O3. The number of Topliss-reactive ketones (excluding diaryl/α,β-unsaturated/α-hetero) is 1. The van der Waals surface area contributed by atoms with Gasteiger partial charge in [-0.05, 0) is 32.1 Å². The summed E-state index contributed by atoms with van der Waals surface area (Å²) >= 11 is 0. The average molecular weight is 276 g/mol. The van der Waals surface area contributed by atoms with Gasteiger partial charge < -0.3 is 9.26 Å². The van der Waals surface area contributed by atoms with Crippen molar-refractivity contribution in [3.8, 4) is 0 Å². The van der Waals surface area contributed by atoms with E-state index in [1.165, 1.54) is 12.8 Å². The fourth-order valence-electron chi connectivity index (χ4n) is 3.94. The lowest BCUT2D eigenvalue weighted by Gasteiger charge is -2.13. The van der Waals surface area contributed by atoms with Gasteiger partial charge in [0.05, 0.1) is 24.5 Å². The van der Waals surface area contributed by atoms with Crippen LogP contribution in [-0.2, 0) is 16.0 Å². The van der Waals surface area contributed by atoms with E-state index in [2.05, 4.69) is 10.1 Å². The Balaban J connectivity index is 1.41. The van der Waals surface area contributed by atoms with Crippen LogP contribution in [0.4, 0.5) is 0 Å². The third kappa shape index (κ3) is 2.18. The molecule has 108 valence electrons. The van der Waals surface area contributed by atoms with Crippen molar-refractivity contribution in [1.29, 1.82) is 0 Å². The van der Waals surface area contributed by atoms with Crippen molar-refractivity contribution in [2.45, 2.75) is 69.5 Å². The highest BCUT2D eigenvalue weighted by atomic mass is 16.5. The van der Waals surface area contributed by atoms with Gasteiger partial charge >= 0.3 is 0 Å². The van der Waals surface area contributed by atoms with E-state index in [-0.39, 0.29) is 23.7 Å². The zero-order valence-electron chi connectivity index (χ0n) is 11.6. The smallest absolute Gasteiger partial charge is 0.234 e. The number of nitrogens with zero attached hydrogens (tertiary/aromatic N) is 2. The van der Waals surface area contributed by atoms with Crippen LogP contribution in [0.25, 0.3) is 0 Å². The molecule has 1 aromatic heterocycles. The van der Waals surface area contributed by atoms with Gasteiger partial charge in [-0.3, -0.25) is 4.79 Å². The molecule has 0 aromatic carbocycles. The summed E-state index contributed by atoms with van der Waals surface area (Å²) in [7, 11) is 0. The molecule has 5 nitrogen and oxygen atoms in total. The van der Waals surface area contributed by atoms with Gasteiger partial charge in [-0.25, -0.2) is 0 Å². The molecule has 0 amide bonds. The molecule has 1 aliphatic carbocycles. The number of fused-ring (bicyclic) bond motifs is 2. The summed E-state index contributed by atoms with van der Waals surface area (Å²) in [5.74, 6) is 1.98. The lowest BCUT2D eigenvalue weighted by molar-refractivity contribution is -0.122. The molecule has 20 heavy (non-hydrogen) atoms. The molecule has 3 aliphatic rings. The second-order valence-corrected chi connectivity index (χ2v) is 6.39. The normalized spacial score (nSPS) is 33.1. The fraction of sp³-hybridized carbons (Fsp3) is 0.800. The summed E-state index contributed by atoms with van der Waals surface area (Å²) in [5.41, 5.74) is 0. The number of hydrogen-bond donors (Lipinski definition) is 0. The second-order valence-electron chi connectivity index (χ2n) is 6.39. The molecular weight excluding hydrogens is 256 g/mol. The summed E-state index contributed by atoms with van der Waals surface area (Å²) < 4.78 is 11.1. The highest BCUT2D eigenvalue weighted by Crippen LogP contribution is 2.43. The predicted molar refractivity (Wildman–Crippen MR) is 70.2 cm³/mol. The summed E-state index contributed by atoms with van der Waals surface area (Å²) in [6.07, 6.45) is 8.61. The molecule has 4 rings (SSSR count). The van der Waals surface area contributed by atoms with E-state index < -0.39 is 0 Å². The standard InChI is InChI=1S/C15H20N2O3/c18-12(9-3-1-2-4-9)8-14-16-15(17-20-14)11-7-10-5-6-13(11)19-10/h9-11,13H,1-8H2. The molecule has 1 saturated carbocycles. The lowest BCUT2D eigenvalue weighted by atomic mass is 9.89. The Morgan fingerprint density at radius 3 is 2.75 bits per heavy atom. The first kappa shape index (κ1) is 12.5. The van der Waals surface area contributed by atoms with Crippen molar-refractivity contribution in [2.24, 2.45) is 5.92 Å². The maximum Gasteiger partial charge on any atom is 0.234 e. The van der Waals surface area contributed by atoms with Crippen molar-refractivity contribution >= 4 is 5.78 Å². The van der Waals surface area contributed by atoms with Crippen molar-refractivity contribution in [3.05, 3.63) is 11.7 Å². The van der Waals surface area contributed by atoms with Crippen LogP contribution in [0.3, 0.4) is 0 Å². The summed E-state index contributed by atoms with van der Waals surface area (Å²) in [4.78, 5) is 16.6. The molecule has 3 fully saturated rings. The van der Waals surface area contributed by atoms with Gasteiger partial charge in [0.25, 0.3) is 0 Å². The van der Waals surface area contributed by atoms with Gasteiger partial charge in [-0.2, -0.15) is 4.98 Å². The van der Waals surface area contributed by atoms with Gasteiger partial charge in [-0.1, -0.05) is 18.0 Å². The van der Waals surface area contributed by atoms with Crippen LogP contribution in [0.5, 0.6) is 0 Å². The molecule has 2 bridgehead atoms. The van der Waals surface area contributed by atoms with Crippen LogP contribution in [0, 0.1) is 5.92 Å². The van der Waals surface area contributed by atoms with E-state index in [9.17, 15) is 4.79 Å². The van der Waals surface area contributed by atoms with Gasteiger partial charge in [0.2, 0.25) is 5.89 Å². The molecule has 3 atom stereocenters. The van der Waals surface area contributed by atoms with E-state index >= 15 is 0 Å². The molecule has 0 N–H and O–H groups in total. The number of ketones is 1. The molecule has 0 radical (unpaired) electrons. The Kier molecular flexibility index (Phi) is 3.10. The van der Waals surface area contributed by atoms with E-state index in [0.717, 1.165) is 37.9 Å². The monoisotopic (exact) mass is 276 g/mol. The Bertz CT molecular complexity index is 507. The van der Waals surface area contributed by atoms with E-state index in [0.29, 0.717) is 18.4 Å². The fourth-order valence-corrected chi connectivity index (χ4v) is 3.94. The molecule has 0 spiro atoms. The van der Waals surface area contributed by atoms with Crippen LogP contribution < -0.4 is 0 Å². The first-order valence-electron chi connectivity index (χ1n) is 7.80. The molecule has 2 aliphatic heterocycles. The minimum atomic E-state index is 0.219. The van der Waals surface area contributed by atoms with E-state index in [1.54, 1.807) is 0 Å². The molecule has 5 heteroatoms. The zero-order chi connectivity index (χ0) is 13.5. The maximum absolute atomic E-state index is 12.1. The number of carbonyl (C=O) groups excluding carboxylic acids is 1. The zero-order valence-corrected chi connectivity index (χ0v) is 11.6. The highest BCUT2D eigenvalue weighted by Gasteiger charge is 2.43. The van der Waals surface area contributed by atoms with Gasteiger partial charge in [0.15, 0.2) is 5.82 Å². The van der Waals surface area contributed by atoms with Crippen molar-refractivity contribution < 1.29 is 14.1 Å². The number of carbonyl (C=O) groups is 1. The van der Waals surface area contributed by atoms with Crippen molar-refractivity contribution in [2.75, 3.05) is 0 Å². The Morgan fingerprint density at radius 1 is 1.20 bits per heavy atom. The average Bonchev–Trinajstić information content (AvgIpc) is 3.22. The van der Waals surface area contributed by atoms with Crippen LogP contribution in [0.15, 0.2) is 4.52 Å².